The predicted octanol–water partition coefficient (Wildman–Crippen LogP) is 2.32. The van der Waals surface area contributed by atoms with Gasteiger partial charge in [-0.05, 0) is 18.2 Å². The Hall–Kier alpha value is -2.70. The maximum absolute atomic E-state index is 13.2. The Morgan fingerprint density at radius 1 is 1.38 bits per heavy atom. The van der Waals surface area contributed by atoms with E-state index in [1.165, 1.54) is 58.0 Å². The fourth-order valence-corrected chi connectivity index (χ4v) is 7.93. The van der Waals surface area contributed by atoms with Crippen molar-refractivity contribution in [3.05, 3.63) is 39.6 Å². The second-order valence-corrected chi connectivity index (χ2v) is 13.0. The van der Waals surface area contributed by atoms with Gasteiger partial charge in [0.25, 0.3) is 5.91 Å². The van der Waals surface area contributed by atoms with Gasteiger partial charge in [-0.3, -0.25) is 14.4 Å². The number of β-lactam (4-membered cyclic amide) rings is 1. The van der Waals surface area contributed by atoms with Crippen LogP contribution in [0.2, 0.25) is 10.0 Å². The molecular formula is C20H16Cl2N8O5S4. The molecule has 3 atom stereocenters. The summed E-state index contributed by atoms with van der Waals surface area (Å²) in [7, 11) is 0. The molecule has 2 unspecified atom stereocenters. The molecule has 0 bridgehead atoms. The molecule has 3 aromatic rings. The number of aliphatic carboxylic acids is 1. The highest BCUT2D eigenvalue weighted by Gasteiger charge is 2.57. The maximum Gasteiger partial charge on any atom is 0.313 e. The van der Waals surface area contributed by atoms with Gasteiger partial charge in [0, 0.05) is 34.6 Å². The number of nitrogens with one attached hydrogen (secondary N) is 1. The number of oxime groups is 1. The van der Waals surface area contributed by atoms with E-state index in [0.717, 1.165) is 11.5 Å². The first-order valence-electron chi connectivity index (χ1n) is 10.8. The van der Waals surface area contributed by atoms with Crippen molar-refractivity contribution in [1.29, 1.82) is 0 Å². The van der Waals surface area contributed by atoms with Crippen LogP contribution >= 0.6 is 69.6 Å². The fraction of sp³-hybridized carbons (Fsp3) is 0.300. The lowest BCUT2D eigenvalue weighted by atomic mass is 9.89. The lowest BCUT2D eigenvalue weighted by molar-refractivity contribution is -0.157. The molecule has 1 aromatic carbocycles. The van der Waals surface area contributed by atoms with Crippen molar-refractivity contribution in [3.8, 4) is 5.75 Å². The highest BCUT2D eigenvalue weighted by molar-refractivity contribution is 8.01. The quantitative estimate of drug-likeness (QED) is 0.133. The number of halogens is 2. The molecule has 0 aliphatic carbocycles. The molecule has 2 aromatic heterocycles. The Labute approximate surface area is 246 Å². The van der Waals surface area contributed by atoms with Crippen LogP contribution in [0.1, 0.15) is 5.82 Å². The van der Waals surface area contributed by atoms with Gasteiger partial charge < -0.3 is 25.9 Å². The molecule has 19 heteroatoms. The Kier molecular flexibility index (Phi) is 8.16. The molecule has 204 valence electrons. The Morgan fingerprint density at radius 3 is 2.87 bits per heavy atom. The van der Waals surface area contributed by atoms with Crippen LogP contribution in [0, 0.1) is 5.41 Å². The van der Waals surface area contributed by atoms with E-state index >= 15 is 0 Å². The summed E-state index contributed by atoms with van der Waals surface area (Å²) in [6.07, 6.45) is 0. The summed E-state index contributed by atoms with van der Waals surface area (Å²) in [6, 6.07) is 3.53. The van der Waals surface area contributed by atoms with E-state index < -0.39 is 34.6 Å². The third-order valence-corrected chi connectivity index (χ3v) is 10.5. The number of nitrogens with zero attached hydrogens (tertiary/aromatic N) is 6. The van der Waals surface area contributed by atoms with E-state index in [0.29, 0.717) is 9.36 Å². The molecule has 0 radical (unpaired) electrons. The smallest absolute Gasteiger partial charge is 0.313 e. The Bertz CT molecular complexity index is 1460. The van der Waals surface area contributed by atoms with Crippen molar-refractivity contribution >= 4 is 98.2 Å². The van der Waals surface area contributed by atoms with Crippen LogP contribution in [0.3, 0.4) is 0 Å². The molecule has 2 fully saturated rings. The highest BCUT2D eigenvalue weighted by atomic mass is 35.5. The number of hydrogen-bond acceptors (Lipinski definition) is 14. The van der Waals surface area contributed by atoms with E-state index in [4.69, 9.17) is 33.8 Å². The largest absolute Gasteiger partial charge is 0.481 e. The average Bonchev–Trinajstić information content (AvgIpc) is 3.59. The molecule has 2 aliphatic heterocycles. The summed E-state index contributed by atoms with van der Waals surface area (Å²) in [5, 5.41) is 24.4. The molecule has 0 spiro atoms. The highest BCUT2D eigenvalue weighted by Crippen LogP contribution is 2.44. The molecule has 0 saturated carbocycles. The summed E-state index contributed by atoms with van der Waals surface area (Å²) in [4.78, 5) is 49.3. The van der Waals surface area contributed by atoms with Crippen LogP contribution < -0.4 is 15.9 Å². The van der Waals surface area contributed by atoms with Crippen molar-refractivity contribution < 1.29 is 24.3 Å². The lowest BCUT2D eigenvalue weighted by Gasteiger charge is -2.53. The number of carbonyl (C=O) groups is 3. The van der Waals surface area contributed by atoms with Gasteiger partial charge in [0.1, 0.15) is 22.3 Å². The maximum atomic E-state index is 13.2. The van der Waals surface area contributed by atoms with Crippen molar-refractivity contribution in [3.63, 3.8) is 0 Å². The van der Waals surface area contributed by atoms with Crippen molar-refractivity contribution in [2.24, 2.45) is 10.6 Å². The number of carbonyl (C=O) groups excluding carboxylic acids is 2. The van der Waals surface area contributed by atoms with E-state index in [1.54, 1.807) is 5.51 Å². The predicted molar refractivity (Wildman–Crippen MR) is 149 cm³/mol. The average molecular weight is 648 g/mol. The van der Waals surface area contributed by atoms with Gasteiger partial charge in [-0.1, -0.05) is 51.5 Å². The van der Waals surface area contributed by atoms with Crippen LogP contribution in [-0.2, 0) is 14.4 Å². The van der Waals surface area contributed by atoms with Crippen LogP contribution in [0.25, 0.3) is 0 Å². The van der Waals surface area contributed by atoms with E-state index in [2.05, 4.69) is 30.0 Å². The van der Waals surface area contributed by atoms with Gasteiger partial charge >= 0.3 is 5.97 Å². The number of nitrogens with two attached hydrogens (primary N) is 1. The van der Waals surface area contributed by atoms with E-state index in [1.807, 2.05) is 0 Å². The number of carboxylic acid groups (broad SMARTS) is 1. The molecule has 39 heavy (non-hydrogen) atoms. The zero-order valence-corrected chi connectivity index (χ0v) is 24.1. The molecule has 2 saturated heterocycles. The molecule has 2 aliphatic rings. The zero-order valence-electron chi connectivity index (χ0n) is 19.3. The topological polar surface area (TPSA) is 186 Å². The number of carboxylic acids is 1. The second kappa shape index (κ2) is 11.4. The van der Waals surface area contributed by atoms with Crippen LogP contribution in [-0.4, -0.2) is 82.5 Å². The number of benzene rings is 1. The molecule has 13 nitrogen and oxygen atoms in total. The summed E-state index contributed by atoms with van der Waals surface area (Å²) in [6.45, 7) is 0.000304. The fourth-order valence-electron chi connectivity index (χ4n) is 3.70. The second-order valence-electron chi connectivity index (χ2n) is 8.26. The zero-order chi connectivity index (χ0) is 27.7. The molecule has 4 heterocycles. The summed E-state index contributed by atoms with van der Waals surface area (Å²) in [5.74, 6) is -1.73. The van der Waals surface area contributed by atoms with Crippen LogP contribution in [0.5, 0.6) is 5.75 Å². The van der Waals surface area contributed by atoms with Crippen LogP contribution in [0.15, 0.2) is 33.2 Å². The lowest BCUT2D eigenvalue weighted by Crippen LogP contribution is -2.74. The first-order chi connectivity index (χ1) is 18.7. The van der Waals surface area contributed by atoms with Gasteiger partial charge in [0.2, 0.25) is 17.4 Å². The minimum absolute atomic E-state index is 0.000304. The number of hydrogen-bond donors (Lipinski definition) is 3. The van der Waals surface area contributed by atoms with Gasteiger partial charge in [-0.2, -0.15) is 9.36 Å². The first kappa shape index (κ1) is 27.9. The van der Waals surface area contributed by atoms with Gasteiger partial charge in [-0.15, -0.1) is 22.0 Å². The minimum Gasteiger partial charge on any atom is -0.481 e. The molecule has 5 rings (SSSR count). The number of thioether (sulfide) groups is 2. The third-order valence-electron chi connectivity index (χ3n) is 5.69. The monoisotopic (exact) mass is 646 g/mol. The van der Waals surface area contributed by atoms with Crippen molar-refractivity contribution in [1.82, 2.24) is 29.8 Å². The Morgan fingerprint density at radius 2 is 2.21 bits per heavy atom. The minimum atomic E-state index is -1.18. The van der Waals surface area contributed by atoms with Gasteiger partial charge in [0.15, 0.2) is 15.2 Å². The number of amides is 2. The summed E-state index contributed by atoms with van der Waals surface area (Å²) < 4.78 is 4.67. The van der Waals surface area contributed by atoms with E-state index in [-0.39, 0.29) is 45.5 Å². The number of nitrogen functional groups attached to an aromatic ring is 1. The molecule has 2 amide bonds. The number of aromatic nitrogens is 4. The van der Waals surface area contributed by atoms with Gasteiger partial charge in [-0.25, -0.2) is 0 Å². The van der Waals surface area contributed by atoms with Gasteiger partial charge in [0.05, 0.1) is 5.02 Å². The number of anilines is 1. The summed E-state index contributed by atoms with van der Waals surface area (Å²) >= 11 is 16.8. The first-order valence-corrected chi connectivity index (χ1v) is 15.3. The standard InChI is InChI=1S/C20H16Cl2N8O5S4/c21-8-1-2-10(9(22)3-8)35-28-11(13-26-18(23)39-29-13)14(31)25-12-15(32)30-4-20(17(33)34,5-36-16(12)30)6-37-19-27-24-7-38-19/h1-3,7,12,16H,4-6H2,(H,25,31)(H,33,34)(H2,23,26,29)/t12?,16-,20?/m1/s1. The molecular weight excluding hydrogens is 631 g/mol. The van der Waals surface area contributed by atoms with Crippen molar-refractivity contribution in [2.75, 3.05) is 23.8 Å². The Balaban J connectivity index is 1.29. The molecule has 4 N–H and O–H groups in total. The van der Waals surface area contributed by atoms with Crippen molar-refractivity contribution in [2.45, 2.75) is 15.8 Å². The van der Waals surface area contributed by atoms with Crippen LogP contribution in [0.4, 0.5) is 5.13 Å². The van der Waals surface area contributed by atoms with E-state index in [9.17, 15) is 19.5 Å². The third kappa shape index (κ3) is 5.78. The number of fused-ring (bicyclic) bond motifs is 1. The SMILES string of the molecule is Nc1nc(C(=NOc2ccc(Cl)cc2Cl)C(=O)NC2C(=O)N3CC(CSc4nncs4)(C(=O)O)CS[C@H]23)ns1. The summed E-state index contributed by atoms with van der Waals surface area (Å²) in [5.41, 5.74) is 5.74. The normalized spacial score (nSPS) is 22.7. The number of rotatable bonds is 9.